The highest BCUT2D eigenvalue weighted by atomic mass is 32.1. The van der Waals surface area contributed by atoms with Crippen molar-refractivity contribution < 1.29 is 0 Å². The van der Waals surface area contributed by atoms with E-state index in [4.69, 9.17) is 5.73 Å². The molecule has 0 saturated carbocycles. The molecule has 17 heavy (non-hydrogen) atoms. The number of hydrogen-bond acceptors (Lipinski definition) is 4. The van der Waals surface area contributed by atoms with Crippen LogP contribution in [0.1, 0.15) is 30.0 Å². The Labute approximate surface area is 106 Å². The van der Waals surface area contributed by atoms with E-state index >= 15 is 0 Å². The van der Waals surface area contributed by atoms with E-state index in [0.29, 0.717) is 0 Å². The molecule has 2 aromatic rings. The molecule has 2 rings (SSSR count). The Morgan fingerprint density at radius 2 is 2.29 bits per heavy atom. The van der Waals surface area contributed by atoms with E-state index in [2.05, 4.69) is 24.1 Å². The molecule has 0 aliphatic carbocycles. The molecule has 0 aliphatic heterocycles. The minimum Gasteiger partial charge on any atom is -0.399 e. The lowest BCUT2D eigenvalue weighted by molar-refractivity contribution is 0.741. The molecule has 1 atom stereocenters. The first-order valence-corrected chi connectivity index (χ1v) is 6.60. The van der Waals surface area contributed by atoms with Gasteiger partial charge >= 0.3 is 0 Å². The lowest BCUT2D eigenvalue weighted by atomic mass is 10.1. The maximum Gasteiger partial charge on any atom is 0.115 e. The molecule has 0 fully saturated rings. The topological polar surface area (TPSA) is 50.9 Å². The van der Waals surface area contributed by atoms with Gasteiger partial charge in [-0.2, -0.15) is 0 Å². The summed E-state index contributed by atoms with van der Waals surface area (Å²) >= 11 is 1.68. The second kappa shape index (κ2) is 5.19. The number of nitrogens with one attached hydrogen (secondary N) is 1. The van der Waals surface area contributed by atoms with E-state index in [1.54, 1.807) is 11.3 Å². The van der Waals surface area contributed by atoms with Crippen molar-refractivity contribution in [3.63, 3.8) is 0 Å². The van der Waals surface area contributed by atoms with Crippen molar-refractivity contribution in [2.75, 3.05) is 11.1 Å². The average molecular weight is 247 g/mol. The lowest BCUT2D eigenvalue weighted by Crippen LogP contribution is -2.10. The number of hydrogen-bond donors (Lipinski definition) is 2. The third-order valence-corrected chi connectivity index (χ3v) is 3.64. The first-order chi connectivity index (χ1) is 8.20. The molecule has 1 aromatic carbocycles. The van der Waals surface area contributed by atoms with Gasteiger partial charge in [0.05, 0.1) is 6.04 Å². The standard InChI is InChI=1S/C13H17N3S/c1-3-11(13-15-6-7-17-13)16-12-8-10(14)5-4-9(12)2/h4-8,11,16H,3,14H2,1-2H3. The predicted molar refractivity (Wildman–Crippen MR) is 74.4 cm³/mol. The highest BCUT2D eigenvalue weighted by Crippen LogP contribution is 2.27. The molecule has 1 aromatic heterocycles. The van der Waals surface area contributed by atoms with E-state index < -0.39 is 0 Å². The van der Waals surface area contributed by atoms with Crippen LogP contribution in [0.3, 0.4) is 0 Å². The first-order valence-electron chi connectivity index (χ1n) is 5.72. The molecular formula is C13H17N3S. The maximum atomic E-state index is 5.81. The second-order valence-corrected chi connectivity index (χ2v) is 4.98. The van der Waals surface area contributed by atoms with Gasteiger partial charge in [0.2, 0.25) is 0 Å². The zero-order valence-corrected chi connectivity index (χ0v) is 10.9. The van der Waals surface area contributed by atoms with Gasteiger partial charge in [-0.15, -0.1) is 11.3 Å². The number of rotatable bonds is 4. The molecular weight excluding hydrogens is 230 g/mol. The van der Waals surface area contributed by atoms with Crippen LogP contribution in [-0.2, 0) is 0 Å². The summed E-state index contributed by atoms with van der Waals surface area (Å²) < 4.78 is 0. The molecule has 3 N–H and O–H groups in total. The van der Waals surface area contributed by atoms with Crippen LogP contribution in [0.2, 0.25) is 0 Å². The van der Waals surface area contributed by atoms with Crippen LogP contribution in [0, 0.1) is 6.92 Å². The quantitative estimate of drug-likeness (QED) is 0.812. The van der Waals surface area contributed by atoms with Gasteiger partial charge in [-0.3, -0.25) is 0 Å². The van der Waals surface area contributed by atoms with Gasteiger partial charge in [-0.05, 0) is 31.0 Å². The zero-order valence-electron chi connectivity index (χ0n) is 10.1. The van der Waals surface area contributed by atoms with Gasteiger partial charge in [-0.1, -0.05) is 13.0 Å². The largest absolute Gasteiger partial charge is 0.399 e. The molecule has 1 heterocycles. The Morgan fingerprint density at radius 3 is 2.94 bits per heavy atom. The SMILES string of the molecule is CCC(Nc1cc(N)ccc1C)c1nccs1. The van der Waals surface area contributed by atoms with Crippen LogP contribution in [-0.4, -0.2) is 4.98 Å². The van der Waals surface area contributed by atoms with Crippen LogP contribution in [0.5, 0.6) is 0 Å². The van der Waals surface area contributed by atoms with Crippen molar-refractivity contribution in [1.29, 1.82) is 0 Å². The monoisotopic (exact) mass is 247 g/mol. The fraction of sp³-hybridized carbons (Fsp3) is 0.308. The molecule has 0 amide bonds. The minimum absolute atomic E-state index is 0.260. The van der Waals surface area contributed by atoms with Gasteiger partial charge in [0, 0.05) is 23.0 Å². The molecule has 0 bridgehead atoms. The van der Waals surface area contributed by atoms with Crippen molar-refractivity contribution in [2.24, 2.45) is 0 Å². The summed E-state index contributed by atoms with van der Waals surface area (Å²) in [6.07, 6.45) is 2.85. The van der Waals surface area contributed by atoms with Gasteiger partial charge in [0.15, 0.2) is 0 Å². The van der Waals surface area contributed by atoms with Gasteiger partial charge in [0.25, 0.3) is 0 Å². The zero-order chi connectivity index (χ0) is 12.3. The van der Waals surface area contributed by atoms with E-state index in [1.807, 2.05) is 29.8 Å². The average Bonchev–Trinajstić information content (AvgIpc) is 2.84. The van der Waals surface area contributed by atoms with Gasteiger partial charge in [0.1, 0.15) is 5.01 Å². The number of benzene rings is 1. The van der Waals surface area contributed by atoms with Crippen molar-refractivity contribution >= 4 is 22.7 Å². The fourth-order valence-corrected chi connectivity index (χ4v) is 2.50. The van der Waals surface area contributed by atoms with Crippen LogP contribution >= 0.6 is 11.3 Å². The summed E-state index contributed by atoms with van der Waals surface area (Å²) in [6, 6.07) is 6.19. The number of aryl methyl sites for hydroxylation is 1. The van der Waals surface area contributed by atoms with Crippen molar-refractivity contribution in [2.45, 2.75) is 26.3 Å². The number of thiazole rings is 1. The number of nitrogens with zero attached hydrogens (tertiary/aromatic N) is 1. The van der Waals surface area contributed by atoms with Crippen LogP contribution in [0.15, 0.2) is 29.8 Å². The Hall–Kier alpha value is -1.55. The summed E-state index contributed by atoms with van der Waals surface area (Å²) in [6.45, 7) is 4.23. The molecule has 0 aliphatic rings. The Balaban J connectivity index is 2.21. The summed E-state index contributed by atoms with van der Waals surface area (Å²) in [5, 5.41) is 6.63. The Morgan fingerprint density at radius 1 is 1.47 bits per heavy atom. The number of nitrogens with two attached hydrogens (primary N) is 1. The maximum absolute atomic E-state index is 5.81. The summed E-state index contributed by atoms with van der Waals surface area (Å²) in [5.41, 5.74) is 8.89. The highest BCUT2D eigenvalue weighted by Gasteiger charge is 2.12. The minimum atomic E-state index is 0.260. The second-order valence-electron chi connectivity index (χ2n) is 4.05. The van der Waals surface area contributed by atoms with Crippen LogP contribution in [0.4, 0.5) is 11.4 Å². The summed E-state index contributed by atoms with van der Waals surface area (Å²) in [4.78, 5) is 4.36. The van der Waals surface area contributed by atoms with E-state index in [1.165, 1.54) is 5.56 Å². The van der Waals surface area contributed by atoms with Crippen molar-refractivity contribution in [3.05, 3.63) is 40.3 Å². The smallest absolute Gasteiger partial charge is 0.115 e. The first kappa shape index (κ1) is 11.9. The summed E-state index contributed by atoms with van der Waals surface area (Å²) in [5.74, 6) is 0. The van der Waals surface area contributed by atoms with E-state index in [-0.39, 0.29) is 6.04 Å². The normalized spacial score (nSPS) is 12.4. The summed E-state index contributed by atoms with van der Waals surface area (Å²) in [7, 11) is 0. The molecule has 1 unspecified atom stereocenters. The Bertz CT molecular complexity index is 479. The molecule has 0 spiro atoms. The van der Waals surface area contributed by atoms with Gasteiger partial charge < -0.3 is 11.1 Å². The predicted octanol–water partition coefficient (Wildman–Crippen LogP) is 3.60. The number of nitrogen functional groups attached to an aromatic ring is 1. The van der Waals surface area contributed by atoms with Crippen LogP contribution < -0.4 is 11.1 Å². The number of anilines is 2. The third-order valence-electron chi connectivity index (χ3n) is 2.75. The third kappa shape index (κ3) is 2.77. The van der Waals surface area contributed by atoms with Crippen molar-refractivity contribution in [1.82, 2.24) is 4.98 Å². The van der Waals surface area contributed by atoms with Crippen molar-refractivity contribution in [3.8, 4) is 0 Å². The Kier molecular flexibility index (Phi) is 3.64. The number of aromatic nitrogens is 1. The molecule has 90 valence electrons. The van der Waals surface area contributed by atoms with Crippen LogP contribution in [0.25, 0.3) is 0 Å². The molecule has 0 saturated heterocycles. The molecule has 3 nitrogen and oxygen atoms in total. The molecule has 0 radical (unpaired) electrons. The van der Waals surface area contributed by atoms with E-state index in [0.717, 1.165) is 22.8 Å². The lowest BCUT2D eigenvalue weighted by Gasteiger charge is -2.18. The van der Waals surface area contributed by atoms with E-state index in [9.17, 15) is 0 Å². The highest BCUT2D eigenvalue weighted by molar-refractivity contribution is 7.09. The molecule has 4 heteroatoms. The fourth-order valence-electron chi connectivity index (χ4n) is 1.73. The van der Waals surface area contributed by atoms with Gasteiger partial charge in [-0.25, -0.2) is 4.98 Å².